The van der Waals surface area contributed by atoms with Gasteiger partial charge in [-0.15, -0.1) is 0 Å². The molecule has 1 fully saturated rings. The Morgan fingerprint density at radius 1 is 1.16 bits per heavy atom. The number of ether oxygens (including phenoxy) is 1. The normalized spacial score (nSPS) is 17.4. The summed E-state index contributed by atoms with van der Waals surface area (Å²) in [5.74, 6) is 1.37. The molecule has 168 valence electrons. The van der Waals surface area contributed by atoms with Crippen LogP contribution in [-0.2, 0) is 13.0 Å². The fraction of sp³-hybridized carbons (Fsp3) is 0.458. The molecule has 0 atom stereocenters. The molecule has 1 saturated heterocycles. The molecule has 2 aliphatic rings. The second kappa shape index (κ2) is 8.43. The van der Waals surface area contributed by atoms with Crippen LogP contribution in [0.25, 0.3) is 11.0 Å². The van der Waals surface area contributed by atoms with Gasteiger partial charge in [-0.25, -0.2) is 9.67 Å². The third-order valence-electron chi connectivity index (χ3n) is 6.66. The number of hydrogen-bond donors (Lipinski definition) is 1. The highest BCUT2D eigenvalue weighted by atomic mass is 16.5. The average molecular weight is 434 g/mol. The van der Waals surface area contributed by atoms with Crippen molar-refractivity contribution in [3.05, 3.63) is 47.9 Å². The molecule has 0 aliphatic carbocycles. The molecule has 0 radical (unpaired) electrons. The van der Waals surface area contributed by atoms with Gasteiger partial charge in [0.1, 0.15) is 5.75 Å². The van der Waals surface area contributed by atoms with E-state index >= 15 is 0 Å². The Labute approximate surface area is 188 Å². The van der Waals surface area contributed by atoms with Gasteiger partial charge in [0.2, 0.25) is 5.95 Å². The number of aromatic nitrogens is 4. The molecule has 3 aromatic rings. The van der Waals surface area contributed by atoms with Crippen molar-refractivity contribution < 1.29 is 4.74 Å². The van der Waals surface area contributed by atoms with Crippen LogP contribution in [0.15, 0.2) is 36.8 Å². The van der Waals surface area contributed by atoms with Crippen molar-refractivity contribution in [1.29, 1.82) is 0 Å². The fourth-order valence-electron chi connectivity index (χ4n) is 4.77. The number of hydrogen-bond acceptors (Lipinski definition) is 7. The van der Waals surface area contributed by atoms with Crippen molar-refractivity contribution in [2.45, 2.75) is 38.8 Å². The standard InChI is InChI=1S/C24H31N7O/c1-16(2)30-9-6-20(7-10-30)31-23-19(14-26-31)13-25-24(28-23)27-21-11-18-15-29(3)8-5-17(18)12-22(21)32-4/h11-14,20H,1,5-10,15H2,2-4H3,(H,25,27,28). The van der Waals surface area contributed by atoms with E-state index in [4.69, 9.17) is 9.72 Å². The van der Waals surface area contributed by atoms with E-state index in [9.17, 15) is 0 Å². The molecule has 8 nitrogen and oxygen atoms in total. The molecule has 1 aromatic carbocycles. The zero-order chi connectivity index (χ0) is 22.2. The largest absolute Gasteiger partial charge is 0.495 e. The topological polar surface area (TPSA) is 71.3 Å². The number of anilines is 2. The lowest BCUT2D eigenvalue weighted by molar-refractivity contribution is 0.222. The Morgan fingerprint density at radius 3 is 2.72 bits per heavy atom. The van der Waals surface area contributed by atoms with Gasteiger partial charge in [-0.1, -0.05) is 6.58 Å². The molecule has 32 heavy (non-hydrogen) atoms. The lowest BCUT2D eigenvalue weighted by atomic mass is 9.99. The third-order valence-corrected chi connectivity index (χ3v) is 6.66. The number of likely N-dealkylation sites (tertiary alicyclic amines) is 1. The maximum absolute atomic E-state index is 5.67. The number of methoxy groups -OCH3 is 1. The van der Waals surface area contributed by atoms with E-state index in [0.29, 0.717) is 12.0 Å². The van der Waals surface area contributed by atoms with E-state index in [1.807, 2.05) is 12.4 Å². The molecule has 0 amide bonds. The van der Waals surface area contributed by atoms with Crippen molar-refractivity contribution in [2.24, 2.45) is 0 Å². The first-order valence-corrected chi connectivity index (χ1v) is 11.3. The summed E-state index contributed by atoms with van der Waals surface area (Å²) in [4.78, 5) is 14.0. The van der Waals surface area contributed by atoms with Crippen LogP contribution in [0.3, 0.4) is 0 Å². The van der Waals surface area contributed by atoms with Crippen LogP contribution >= 0.6 is 0 Å². The van der Waals surface area contributed by atoms with Crippen molar-refractivity contribution in [3.63, 3.8) is 0 Å². The van der Waals surface area contributed by atoms with Gasteiger partial charge in [0.15, 0.2) is 5.65 Å². The lowest BCUT2D eigenvalue weighted by Gasteiger charge is -2.33. The minimum Gasteiger partial charge on any atom is -0.495 e. The summed E-state index contributed by atoms with van der Waals surface area (Å²) in [6.07, 6.45) is 6.80. The first kappa shape index (κ1) is 20.8. The SMILES string of the molecule is C=C(C)N1CCC(n2ncc3cnc(Nc4cc5c(cc4OC)CCN(C)C5)nc32)CC1. The monoisotopic (exact) mass is 433 g/mol. The molecule has 2 aromatic heterocycles. The summed E-state index contributed by atoms with van der Waals surface area (Å²) in [5.41, 5.74) is 5.56. The average Bonchev–Trinajstić information content (AvgIpc) is 3.22. The Hall–Kier alpha value is -3.13. The molecule has 8 heteroatoms. The van der Waals surface area contributed by atoms with Crippen molar-refractivity contribution >= 4 is 22.7 Å². The minimum absolute atomic E-state index is 0.333. The van der Waals surface area contributed by atoms with Crippen LogP contribution in [0.2, 0.25) is 0 Å². The predicted molar refractivity (Wildman–Crippen MR) is 126 cm³/mol. The van der Waals surface area contributed by atoms with E-state index < -0.39 is 0 Å². The molecule has 0 saturated carbocycles. The molecular weight excluding hydrogens is 402 g/mol. The van der Waals surface area contributed by atoms with Gasteiger partial charge < -0.3 is 19.9 Å². The van der Waals surface area contributed by atoms with Gasteiger partial charge in [0, 0.05) is 38.1 Å². The second-order valence-corrected chi connectivity index (χ2v) is 8.95. The Kier molecular flexibility index (Phi) is 5.46. The van der Waals surface area contributed by atoms with Crippen LogP contribution in [0.1, 0.15) is 36.9 Å². The number of fused-ring (bicyclic) bond motifs is 2. The maximum Gasteiger partial charge on any atom is 0.229 e. The molecule has 1 N–H and O–H groups in total. The molecule has 4 heterocycles. The first-order chi connectivity index (χ1) is 15.5. The van der Waals surface area contributed by atoms with Crippen LogP contribution in [0, 0.1) is 0 Å². The fourth-order valence-corrected chi connectivity index (χ4v) is 4.77. The Balaban J connectivity index is 1.42. The molecular formula is C24H31N7O. The molecule has 2 aliphatic heterocycles. The zero-order valence-electron chi connectivity index (χ0n) is 19.1. The van der Waals surface area contributed by atoms with Crippen LogP contribution in [0.5, 0.6) is 5.75 Å². The summed E-state index contributed by atoms with van der Waals surface area (Å²) in [5, 5.41) is 9.00. The summed E-state index contributed by atoms with van der Waals surface area (Å²) in [7, 11) is 3.86. The van der Waals surface area contributed by atoms with Crippen molar-refractivity contribution in [3.8, 4) is 5.75 Å². The van der Waals surface area contributed by atoms with Crippen LogP contribution in [0.4, 0.5) is 11.6 Å². The maximum atomic E-state index is 5.67. The number of nitrogens with one attached hydrogen (secondary N) is 1. The van der Waals surface area contributed by atoms with Gasteiger partial charge in [-0.3, -0.25) is 0 Å². The van der Waals surface area contributed by atoms with E-state index in [2.05, 4.69) is 62.6 Å². The number of piperidine rings is 1. The minimum atomic E-state index is 0.333. The van der Waals surface area contributed by atoms with Gasteiger partial charge in [0.25, 0.3) is 0 Å². The molecule has 0 bridgehead atoms. The molecule has 0 spiro atoms. The molecule has 0 unspecified atom stereocenters. The Bertz CT molecular complexity index is 1150. The summed E-state index contributed by atoms with van der Waals surface area (Å²) >= 11 is 0. The van der Waals surface area contributed by atoms with E-state index in [0.717, 1.165) is 73.6 Å². The van der Waals surface area contributed by atoms with E-state index in [-0.39, 0.29) is 0 Å². The number of allylic oxidation sites excluding steroid dienone is 1. The quantitative estimate of drug-likeness (QED) is 0.657. The van der Waals surface area contributed by atoms with Crippen LogP contribution < -0.4 is 10.1 Å². The molecule has 5 rings (SSSR count). The smallest absolute Gasteiger partial charge is 0.229 e. The van der Waals surface area contributed by atoms with Crippen molar-refractivity contribution in [1.82, 2.24) is 29.5 Å². The second-order valence-electron chi connectivity index (χ2n) is 8.95. The van der Waals surface area contributed by atoms with E-state index in [1.165, 1.54) is 11.1 Å². The zero-order valence-corrected chi connectivity index (χ0v) is 19.1. The summed E-state index contributed by atoms with van der Waals surface area (Å²) < 4.78 is 7.74. The van der Waals surface area contributed by atoms with Gasteiger partial charge >= 0.3 is 0 Å². The number of nitrogens with zero attached hydrogens (tertiary/aromatic N) is 6. The highest BCUT2D eigenvalue weighted by Crippen LogP contribution is 2.33. The first-order valence-electron chi connectivity index (χ1n) is 11.3. The van der Waals surface area contributed by atoms with Gasteiger partial charge in [0.05, 0.1) is 30.4 Å². The summed E-state index contributed by atoms with van der Waals surface area (Å²) in [6, 6.07) is 4.64. The Morgan fingerprint density at radius 2 is 1.97 bits per heavy atom. The summed E-state index contributed by atoms with van der Waals surface area (Å²) in [6.45, 7) is 10.1. The number of rotatable bonds is 5. The van der Waals surface area contributed by atoms with Gasteiger partial charge in [-0.2, -0.15) is 10.1 Å². The lowest BCUT2D eigenvalue weighted by Crippen LogP contribution is -2.33. The third kappa shape index (κ3) is 3.90. The number of benzene rings is 1. The van der Waals surface area contributed by atoms with Crippen molar-refractivity contribution in [2.75, 3.05) is 39.1 Å². The highest BCUT2D eigenvalue weighted by Gasteiger charge is 2.23. The van der Waals surface area contributed by atoms with Crippen LogP contribution in [-0.4, -0.2) is 63.3 Å². The number of likely N-dealkylation sites (N-methyl/N-ethyl adjacent to an activating group) is 1. The van der Waals surface area contributed by atoms with E-state index in [1.54, 1.807) is 7.11 Å². The highest BCUT2D eigenvalue weighted by molar-refractivity contribution is 5.76. The predicted octanol–water partition coefficient (Wildman–Crippen LogP) is 3.74. The van der Waals surface area contributed by atoms with Gasteiger partial charge in [-0.05, 0) is 56.5 Å².